The lowest BCUT2D eigenvalue weighted by atomic mass is 9.95. The van der Waals surface area contributed by atoms with Gasteiger partial charge in [0.2, 0.25) is 5.91 Å². The number of benzene rings is 2. The minimum absolute atomic E-state index is 0.0639. The molecule has 148 valence electrons. The molecule has 0 saturated carbocycles. The Morgan fingerprint density at radius 2 is 1.96 bits per heavy atom. The van der Waals surface area contributed by atoms with Gasteiger partial charge < -0.3 is 10.1 Å². The number of nitrogens with one attached hydrogen (secondary N) is 1. The Bertz CT molecular complexity index is 866. The highest BCUT2D eigenvalue weighted by Crippen LogP contribution is 2.26. The first-order valence-electron chi connectivity index (χ1n) is 9.12. The third-order valence-electron chi connectivity index (χ3n) is 4.90. The summed E-state index contributed by atoms with van der Waals surface area (Å²) in [5.74, 6) is -0.601. The van der Waals surface area contributed by atoms with Gasteiger partial charge in [0, 0.05) is 16.9 Å². The highest BCUT2D eigenvalue weighted by Gasteiger charge is 2.25. The Kier molecular flexibility index (Phi) is 7.10. The van der Waals surface area contributed by atoms with Gasteiger partial charge in [-0.15, -0.1) is 0 Å². The number of hydrogen-bond donors (Lipinski definition) is 1. The van der Waals surface area contributed by atoms with Crippen molar-refractivity contribution in [3.05, 3.63) is 63.1 Å². The number of ether oxygens (including phenoxy) is 1. The van der Waals surface area contributed by atoms with Crippen LogP contribution < -0.4 is 5.32 Å². The van der Waals surface area contributed by atoms with E-state index in [1.54, 1.807) is 18.2 Å². The Morgan fingerprint density at radius 1 is 1.21 bits per heavy atom. The van der Waals surface area contributed by atoms with E-state index in [9.17, 15) is 9.59 Å². The molecule has 0 aliphatic carbocycles. The Hall–Kier alpha value is -1.89. The van der Waals surface area contributed by atoms with Gasteiger partial charge >= 0.3 is 5.97 Å². The third-order valence-corrected chi connectivity index (χ3v) is 5.72. The third kappa shape index (κ3) is 5.34. The van der Waals surface area contributed by atoms with Gasteiger partial charge in [-0.2, -0.15) is 0 Å². The summed E-state index contributed by atoms with van der Waals surface area (Å²) in [4.78, 5) is 26.7. The van der Waals surface area contributed by atoms with Crippen LogP contribution in [0.25, 0.3) is 0 Å². The van der Waals surface area contributed by atoms with Crippen LogP contribution in [0.1, 0.15) is 28.8 Å². The number of likely N-dealkylation sites (tertiary alicyclic amines) is 1. The zero-order valence-corrected chi connectivity index (χ0v) is 17.9. The molecule has 7 heteroatoms. The molecule has 0 bridgehead atoms. The van der Waals surface area contributed by atoms with Crippen molar-refractivity contribution < 1.29 is 14.3 Å². The Morgan fingerprint density at radius 3 is 2.64 bits per heavy atom. The van der Waals surface area contributed by atoms with Crippen LogP contribution in [0.15, 0.2) is 46.9 Å². The maximum absolute atomic E-state index is 12.7. The number of nitrogens with zero attached hydrogens (tertiary/aromatic N) is 1. The highest BCUT2D eigenvalue weighted by atomic mass is 79.9. The topological polar surface area (TPSA) is 58.6 Å². The van der Waals surface area contributed by atoms with Crippen molar-refractivity contribution in [1.82, 2.24) is 4.90 Å². The number of hydrogen-bond acceptors (Lipinski definition) is 4. The fourth-order valence-electron chi connectivity index (χ4n) is 3.35. The zero-order valence-electron chi connectivity index (χ0n) is 15.6. The number of carbonyl (C=O) groups is 2. The van der Waals surface area contributed by atoms with Crippen LogP contribution in [0.4, 0.5) is 5.69 Å². The molecule has 0 unspecified atom stereocenters. The predicted molar refractivity (Wildman–Crippen MR) is 114 cm³/mol. The van der Waals surface area contributed by atoms with E-state index in [4.69, 9.17) is 16.3 Å². The first kappa shape index (κ1) is 20.8. The van der Waals surface area contributed by atoms with Crippen molar-refractivity contribution in [3.63, 3.8) is 0 Å². The van der Waals surface area contributed by atoms with E-state index in [0.29, 0.717) is 16.3 Å². The molecule has 28 heavy (non-hydrogen) atoms. The molecule has 1 amide bonds. The van der Waals surface area contributed by atoms with Gasteiger partial charge in [-0.1, -0.05) is 39.7 Å². The van der Waals surface area contributed by atoms with E-state index >= 15 is 0 Å². The number of anilines is 1. The molecule has 1 aliphatic rings. The average Bonchev–Trinajstić information content (AvgIpc) is 2.69. The minimum atomic E-state index is -0.465. The first-order chi connectivity index (χ1) is 13.5. The molecule has 1 saturated heterocycles. The summed E-state index contributed by atoms with van der Waals surface area (Å²) in [6.07, 6.45) is 1.57. The van der Waals surface area contributed by atoms with Crippen LogP contribution in [0.2, 0.25) is 5.02 Å². The number of halogens is 2. The molecule has 2 aromatic rings. The molecule has 5 nitrogen and oxygen atoms in total. The Labute approximate surface area is 178 Å². The van der Waals surface area contributed by atoms with Crippen molar-refractivity contribution in [2.75, 3.05) is 25.5 Å². The second-order valence-corrected chi connectivity index (χ2v) is 8.18. The number of amides is 1. The molecule has 0 atom stereocenters. The van der Waals surface area contributed by atoms with E-state index in [2.05, 4.69) is 38.3 Å². The normalized spacial score (nSPS) is 15.2. The van der Waals surface area contributed by atoms with Crippen molar-refractivity contribution in [3.8, 4) is 0 Å². The smallest absolute Gasteiger partial charge is 0.337 e. The standard InChI is InChI=1S/C21H22BrClN2O3/c1-28-21(27)16-5-6-18(23)19(12-16)24-20(26)15-7-9-25(10-8-15)13-14-3-2-4-17(22)11-14/h2-6,11-12,15H,7-10,13H2,1H3,(H,24,26). The summed E-state index contributed by atoms with van der Waals surface area (Å²) in [6.45, 7) is 2.60. The number of piperidine rings is 1. The van der Waals surface area contributed by atoms with Crippen LogP contribution >= 0.6 is 27.5 Å². The second-order valence-electron chi connectivity index (χ2n) is 6.86. The van der Waals surface area contributed by atoms with E-state index < -0.39 is 5.97 Å². The zero-order chi connectivity index (χ0) is 20.1. The van der Waals surface area contributed by atoms with E-state index in [1.165, 1.54) is 12.7 Å². The monoisotopic (exact) mass is 464 g/mol. The molecule has 0 radical (unpaired) electrons. The van der Waals surface area contributed by atoms with Gasteiger partial charge in [0.1, 0.15) is 0 Å². The van der Waals surface area contributed by atoms with Gasteiger partial charge in [0.15, 0.2) is 0 Å². The van der Waals surface area contributed by atoms with Crippen LogP contribution in [0.5, 0.6) is 0 Å². The summed E-state index contributed by atoms with van der Waals surface area (Å²) in [5.41, 5.74) is 2.04. The van der Waals surface area contributed by atoms with Crippen molar-refractivity contribution in [2.45, 2.75) is 19.4 Å². The summed E-state index contributed by atoms with van der Waals surface area (Å²) < 4.78 is 5.79. The lowest BCUT2D eigenvalue weighted by Crippen LogP contribution is -2.37. The number of methoxy groups -OCH3 is 1. The predicted octanol–water partition coefficient (Wildman–Crippen LogP) is 4.74. The van der Waals surface area contributed by atoms with Crippen molar-refractivity contribution >= 4 is 45.1 Å². The van der Waals surface area contributed by atoms with Gasteiger partial charge in [0.25, 0.3) is 0 Å². The van der Waals surface area contributed by atoms with E-state index in [1.807, 2.05) is 12.1 Å². The van der Waals surface area contributed by atoms with Crippen LogP contribution in [-0.2, 0) is 16.1 Å². The van der Waals surface area contributed by atoms with Crippen LogP contribution in [0.3, 0.4) is 0 Å². The first-order valence-corrected chi connectivity index (χ1v) is 10.3. The molecule has 1 N–H and O–H groups in total. The van der Waals surface area contributed by atoms with E-state index in [0.717, 1.165) is 36.9 Å². The highest BCUT2D eigenvalue weighted by molar-refractivity contribution is 9.10. The number of rotatable bonds is 5. The maximum atomic E-state index is 12.7. The van der Waals surface area contributed by atoms with E-state index in [-0.39, 0.29) is 11.8 Å². The fraction of sp³-hybridized carbons (Fsp3) is 0.333. The fourth-order valence-corrected chi connectivity index (χ4v) is 3.96. The SMILES string of the molecule is COC(=O)c1ccc(Cl)c(NC(=O)C2CCN(Cc3cccc(Br)c3)CC2)c1. The Balaban J connectivity index is 1.56. The summed E-state index contributed by atoms with van der Waals surface area (Å²) in [5, 5.41) is 3.26. The largest absolute Gasteiger partial charge is 0.465 e. The molecule has 1 heterocycles. The van der Waals surface area contributed by atoms with Crippen molar-refractivity contribution in [2.24, 2.45) is 5.92 Å². The van der Waals surface area contributed by atoms with Gasteiger partial charge in [0.05, 0.1) is 23.4 Å². The van der Waals surface area contributed by atoms with Crippen LogP contribution in [-0.4, -0.2) is 37.0 Å². The minimum Gasteiger partial charge on any atom is -0.465 e. The average molecular weight is 466 g/mol. The summed E-state index contributed by atoms with van der Waals surface area (Å²) in [7, 11) is 1.32. The molecule has 2 aromatic carbocycles. The van der Waals surface area contributed by atoms with Gasteiger partial charge in [-0.3, -0.25) is 9.69 Å². The maximum Gasteiger partial charge on any atom is 0.337 e. The number of esters is 1. The van der Waals surface area contributed by atoms with Crippen molar-refractivity contribution in [1.29, 1.82) is 0 Å². The molecule has 1 aliphatic heterocycles. The quantitative estimate of drug-likeness (QED) is 0.648. The lowest BCUT2D eigenvalue weighted by Gasteiger charge is -2.31. The van der Waals surface area contributed by atoms with Gasteiger partial charge in [-0.05, 0) is 61.8 Å². The van der Waals surface area contributed by atoms with Crippen LogP contribution in [0, 0.1) is 5.92 Å². The molecule has 0 aromatic heterocycles. The molecule has 1 fully saturated rings. The molecule has 0 spiro atoms. The summed E-state index contributed by atoms with van der Waals surface area (Å²) >= 11 is 9.67. The van der Waals surface area contributed by atoms with Gasteiger partial charge in [-0.25, -0.2) is 4.79 Å². The molecular formula is C21H22BrClN2O3. The molecule has 3 rings (SSSR count). The second kappa shape index (κ2) is 9.54. The number of carbonyl (C=O) groups excluding carboxylic acids is 2. The summed E-state index contributed by atoms with van der Waals surface area (Å²) in [6, 6.07) is 13.0. The lowest BCUT2D eigenvalue weighted by molar-refractivity contribution is -0.121. The molecular weight excluding hydrogens is 444 g/mol.